The van der Waals surface area contributed by atoms with Crippen LogP contribution in [0.3, 0.4) is 0 Å². The first-order valence-corrected chi connectivity index (χ1v) is 15.2. The van der Waals surface area contributed by atoms with Crippen molar-refractivity contribution in [2.45, 2.75) is 0 Å². The van der Waals surface area contributed by atoms with Gasteiger partial charge < -0.3 is 19.9 Å². The van der Waals surface area contributed by atoms with Gasteiger partial charge in [-0.1, -0.05) is 46.9 Å². The van der Waals surface area contributed by atoms with E-state index in [0.717, 1.165) is 16.0 Å². The summed E-state index contributed by atoms with van der Waals surface area (Å²) in [5.74, 6) is -3.46. The number of benzene rings is 4. The zero-order chi connectivity index (χ0) is 35.1. The lowest BCUT2D eigenvalue weighted by molar-refractivity contribution is -0.114. The van der Waals surface area contributed by atoms with E-state index in [1.54, 1.807) is 18.2 Å². The summed E-state index contributed by atoms with van der Waals surface area (Å²) in [6.45, 7) is 0. The summed E-state index contributed by atoms with van der Waals surface area (Å²) < 4.78 is 10.7. The van der Waals surface area contributed by atoms with Crippen LogP contribution in [-0.4, -0.2) is 54.8 Å². The Bertz CT molecular complexity index is 2180. The Morgan fingerprint density at radius 1 is 0.796 bits per heavy atom. The molecule has 4 aromatic carbocycles. The van der Waals surface area contributed by atoms with E-state index in [-0.39, 0.29) is 60.1 Å². The lowest BCUT2D eigenvalue weighted by Crippen LogP contribution is -2.32. The Hall–Kier alpha value is -5.69. The maximum Gasteiger partial charge on any atom is 0.335 e. The van der Waals surface area contributed by atoms with Crippen LogP contribution in [0.5, 0.6) is 11.5 Å². The summed E-state index contributed by atoms with van der Waals surface area (Å²) in [6, 6.07) is 16.9. The molecule has 0 radical (unpaired) electrons. The third-order valence-corrected chi connectivity index (χ3v) is 8.32. The number of hydrogen-bond acceptors (Lipinski definition) is 8. The molecule has 2 N–H and O–H groups in total. The second-order valence-corrected chi connectivity index (χ2v) is 11.7. The Morgan fingerprint density at radius 3 is 2.16 bits per heavy atom. The van der Waals surface area contributed by atoms with Crippen LogP contribution in [0.2, 0.25) is 15.1 Å². The zero-order valence-corrected chi connectivity index (χ0v) is 27.6. The average Bonchev–Trinajstić information content (AvgIpc) is 3.50. The number of halogens is 3. The largest absolute Gasteiger partial charge is 0.493 e. The van der Waals surface area contributed by atoms with Gasteiger partial charge in [-0.15, -0.1) is 5.10 Å². The maximum atomic E-state index is 13.8. The first kappa shape index (κ1) is 33.2. The topological polar surface area (TPSA) is 155 Å². The molecule has 2 aliphatic heterocycles. The van der Waals surface area contributed by atoms with Crippen molar-refractivity contribution in [2.75, 3.05) is 24.1 Å². The molecule has 0 saturated heterocycles. The Kier molecular flexibility index (Phi) is 8.86. The molecular weight excluding hydrogens is 699 g/mol. The van der Waals surface area contributed by atoms with E-state index in [0.29, 0.717) is 17.1 Å². The van der Waals surface area contributed by atoms with Gasteiger partial charge >= 0.3 is 5.97 Å². The molecule has 4 aromatic rings. The molecule has 246 valence electrons. The number of carboxylic acid groups (broad SMARTS) is 1. The summed E-state index contributed by atoms with van der Waals surface area (Å²) in [5.41, 5.74) is 0.318. The van der Waals surface area contributed by atoms with Gasteiger partial charge in [-0.3, -0.25) is 19.2 Å². The molecule has 2 aliphatic rings. The number of fused-ring (bicyclic) bond motifs is 1. The van der Waals surface area contributed by atoms with Crippen molar-refractivity contribution in [2.24, 2.45) is 5.10 Å². The van der Waals surface area contributed by atoms with Crippen molar-refractivity contribution in [1.82, 2.24) is 5.32 Å². The van der Waals surface area contributed by atoms with Crippen LogP contribution in [0.15, 0.2) is 83.5 Å². The van der Waals surface area contributed by atoms with E-state index >= 15 is 0 Å². The zero-order valence-electron chi connectivity index (χ0n) is 25.3. The number of hydrogen-bond donors (Lipinski definition) is 2. The van der Waals surface area contributed by atoms with E-state index < -0.39 is 29.6 Å². The molecule has 15 heteroatoms. The average molecular weight is 720 g/mol. The van der Waals surface area contributed by atoms with E-state index in [1.165, 1.54) is 68.8 Å². The number of amides is 4. The molecular formula is C34H21Cl3N4O8. The second-order valence-electron chi connectivity index (χ2n) is 10.5. The molecule has 0 aliphatic carbocycles. The van der Waals surface area contributed by atoms with Crippen LogP contribution in [0, 0.1) is 0 Å². The molecule has 0 unspecified atom stereocenters. The molecule has 0 bridgehead atoms. The summed E-state index contributed by atoms with van der Waals surface area (Å²) in [6.07, 6.45) is 1.47. The summed E-state index contributed by atoms with van der Waals surface area (Å²) in [7, 11) is 2.94. The van der Waals surface area contributed by atoms with Crippen LogP contribution in [-0.2, 0) is 4.79 Å². The van der Waals surface area contributed by atoms with Crippen LogP contribution in [0.4, 0.5) is 11.4 Å². The maximum absolute atomic E-state index is 13.8. The number of aromatic carboxylic acids is 1. The van der Waals surface area contributed by atoms with Crippen LogP contribution >= 0.6 is 34.8 Å². The fourth-order valence-corrected chi connectivity index (χ4v) is 6.19. The second kappa shape index (κ2) is 13.1. The number of anilines is 2. The first-order chi connectivity index (χ1) is 23.4. The predicted octanol–water partition coefficient (Wildman–Crippen LogP) is 6.34. The van der Waals surface area contributed by atoms with Crippen molar-refractivity contribution >= 4 is 87.7 Å². The third kappa shape index (κ3) is 6.08. The number of methoxy groups -OCH3 is 2. The molecule has 0 fully saturated rings. The summed E-state index contributed by atoms with van der Waals surface area (Å²) in [4.78, 5) is 66.2. The van der Waals surface area contributed by atoms with E-state index in [4.69, 9.17) is 44.3 Å². The van der Waals surface area contributed by atoms with Gasteiger partial charge in [0, 0.05) is 10.6 Å². The number of carbonyl (C=O) groups is 5. The number of imide groups is 1. The minimum Gasteiger partial charge on any atom is -0.493 e. The normalized spacial score (nSPS) is 14.7. The molecule has 0 aromatic heterocycles. The number of carbonyl (C=O) groups excluding carboxylic acids is 4. The molecule has 0 spiro atoms. The van der Waals surface area contributed by atoms with E-state index in [1.807, 2.05) is 0 Å². The summed E-state index contributed by atoms with van der Waals surface area (Å²) in [5, 5.41) is 17.5. The number of hydrazone groups is 1. The number of nitrogens with zero attached hydrogens (tertiary/aromatic N) is 3. The highest BCUT2D eigenvalue weighted by molar-refractivity contribution is 6.44. The lowest BCUT2D eigenvalue weighted by atomic mass is 10.1. The third-order valence-electron chi connectivity index (χ3n) is 7.52. The van der Waals surface area contributed by atoms with Crippen molar-refractivity contribution in [3.05, 3.63) is 121 Å². The van der Waals surface area contributed by atoms with Gasteiger partial charge in [0.2, 0.25) is 0 Å². The van der Waals surface area contributed by atoms with Gasteiger partial charge in [0.1, 0.15) is 5.69 Å². The quantitative estimate of drug-likeness (QED) is 0.166. The molecule has 49 heavy (non-hydrogen) atoms. The van der Waals surface area contributed by atoms with Crippen LogP contribution in [0.25, 0.3) is 6.08 Å². The highest BCUT2D eigenvalue weighted by Crippen LogP contribution is 2.39. The van der Waals surface area contributed by atoms with Gasteiger partial charge in [-0.05, 0) is 72.3 Å². The van der Waals surface area contributed by atoms with E-state index in [9.17, 15) is 29.1 Å². The number of nitrogens with one attached hydrogen (secondary N) is 1. The fraction of sp³-hybridized carbons (Fsp3) is 0.0588. The monoisotopic (exact) mass is 718 g/mol. The standard InChI is InChI=1S/C34H21Cl3N4O8/c1-48-26-9-6-16(11-27(26)49-2)10-23-29(39-41(33(23)45)28-24(36)14-19(35)15-25(28)37)38-30(42)17-4-3-5-20(12-17)40-31(43)21-8-7-18(34(46)47)13-22(21)32(40)44/h3-15H,1-2H3,(H,46,47)(H,38,39,42)/b23-10-. The molecule has 0 atom stereocenters. The Labute approximate surface area is 292 Å². The van der Waals surface area contributed by atoms with Crippen molar-refractivity contribution < 1.29 is 38.6 Å². The number of carboxylic acids is 1. The minimum atomic E-state index is -1.26. The Balaban J connectivity index is 1.36. The number of ether oxygens (including phenoxy) is 2. The minimum absolute atomic E-state index is 0.00176. The summed E-state index contributed by atoms with van der Waals surface area (Å²) >= 11 is 18.9. The Morgan fingerprint density at radius 2 is 1.49 bits per heavy atom. The van der Waals surface area contributed by atoms with E-state index in [2.05, 4.69) is 10.4 Å². The van der Waals surface area contributed by atoms with Crippen LogP contribution < -0.4 is 24.7 Å². The SMILES string of the molecule is COc1ccc(/C=C2\C(=O)N(c3c(Cl)cc(Cl)cc3Cl)N=C2NC(=O)c2cccc(N3C(=O)c4ccc(C(=O)O)cc4C3=O)c2)cc1OC. The first-order valence-electron chi connectivity index (χ1n) is 14.1. The highest BCUT2D eigenvalue weighted by Gasteiger charge is 2.38. The lowest BCUT2D eigenvalue weighted by Gasteiger charge is -2.15. The molecule has 6 rings (SSSR count). The number of amidine groups is 1. The van der Waals surface area contributed by atoms with Gasteiger partial charge in [0.15, 0.2) is 17.3 Å². The molecule has 4 amide bonds. The van der Waals surface area contributed by atoms with Crippen molar-refractivity contribution in [1.29, 1.82) is 0 Å². The van der Waals surface area contributed by atoms with Gasteiger partial charge in [0.05, 0.1) is 52.2 Å². The number of rotatable bonds is 7. The van der Waals surface area contributed by atoms with Gasteiger partial charge in [-0.2, -0.15) is 5.01 Å². The van der Waals surface area contributed by atoms with Gasteiger partial charge in [0.25, 0.3) is 23.6 Å². The smallest absolute Gasteiger partial charge is 0.335 e. The predicted molar refractivity (Wildman–Crippen MR) is 182 cm³/mol. The fourth-order valence-electron chi connectivity index (χ4n) is 5.21. The molecule has 12 nitrogen and oxygen atoms in total. The molecule has 2 heterocycles. The highest BCUT2D eigenvalue weighted by atomic mass is 35.5. The van der Waals surface area contributed by atoms with Gasteiger partial charge in [-0.25, -0.2) is 9.69 Å². The van der Waals surface area contributed by atoms with Crippen molar-refractivity contribution in [3.8, 4) is 11.5 Å². The van der Waals surface area contributed by atoms with Crippen molar-refractivity contribution in [3.63, 3.8) is 0 Å². The molecule has 0 saturated carbocycles. The van der Waals surface area contributed by atoms with Crippen LogP contribution in [0.1, 0.15) is 47.0 Å².